The molecule has 0 saturated heterocycles. The van der Waals surface area contributed by atoms with E-state index in [1.54, 1.807) is 19.2 Å². The van der Waals surface area contributed by atoms with Crippen LogP contribution in [0.4, 0.5) is 10.1 Å². The van der Waals surface area contributed by atoms with E-state index in [1.165, 1.54) is 16.5 Å². The van der Waals surface area contributed by atoms with E-state index in [2.05, 4.69) is 29.6 Å². The van der Waals surface area contributed by atoms with Crippen LogP contribution in [-0.4, -0.2) is 18.9 Å². The first-order valence-corrected chi connectivity index (χ1v) is 7.46. The van der Waals surface area contributed by atoms with Crippen LogP contribution in [0.25, 0.3) is 0 Å². The second-order valence-electron chi connectivity index (χ2n) is 4.78. The molecule has 3 rings (SSSR count). The maximum atomic E-state index is 13.7. The van der Waals surface area contributed by atoms with Crippen molar-refractivity contribution in [3.05, 3.63) is 53.8 Å². The number of rotatable bonds is 4. The molecule has 1 unspecified atom stereocenters. The van der Waals surface area contributed by atoms with Crippen LogP contribution in [0.2, 0.25) is 0 Å². The summed E-state index contributed by atoms with van der Waals surface area (Å²) < 4.78 is 18.8. The van der Waals surface area contributed by atoms with Crippen LogP contribution in [0, 0.1) is 5.82 Å². The Bertz CT molecular complexity index is 592. The van der Waals surface area contributed by atoms with Crippen LogP contribution < -0.4 is 10.1 Å². The second kappa shape index (κ2) is 5.75. The lowest BCUT2D eigenvalue weighted by Gasteiger charge is -2.13. The molecular formula is C16H16FNOS. The largest absolute Gasteiger partial charge is 0.497 e. The summed E-state index contributed by atoms with van der Waals surface area (Å²) in [6.45, 7) is 0.740. The van der Waals surface area contributed by atoms with Crippen molar-refractivity contribution in [2.45, 2.75) is 16.6 Å². The van der Waals surface area contributed by atoms with E-state index < -0.39 is 0 Å². The van der Waals surface area contributed by atoms with E-state index in [0.29, 0.717) is 16.7 Å². The van der Waals surface area contributed by atoms with Gasteiger partial charge in [0.2, 0.25) is 0 Å². The van der Waals surface area contributed by atoms with Gasteiger partial charge in [0.15, 0.2) is 0 Å². The molecule has 0 aliphatic carbocycles. The van der Waals surface area contributed by atoms with E-state index in [-0.39, 0.29) is 5.82 Å². The molecule has 20 heavy (non-hydrogen) atoms. The lowest BCUT2D eigenvalue weighted by Crippen LogP contribution is -2.16. The summed E-state index contributed by atoms with van der Waals surface area (Å²) in [4.78, 5) is 1.34. The van der Waals surface area contributed by atoms with Crippen LogP contribution in [0.15, 0.2) is 47.4 Å². The minimum absolute atomic E-state index is 0.244. The van der Waals surface area contributed by atoms with Gasteiger partial charge in [-0.2, -0.15) is 0 Å². The summed E-state index contributed by atoms with van der Waals surface area (Å²) in [6.07, 6.45) is 1.03. The van der Waals surface area contributed by atoms with Gasteiger partial charge in [0.1, 0.15) is 11.6 Å². The number of halogens is 1. The molecule has 2 nitrogen and oxygen atoms in total. The van der Waals surface area contributed by atoms with Crippen molar-refractivity contribution in [1.29, 1.82) is 0 Å². The first kappa shape index (κ1) is 13.3. The highest BCUT2D eigenvalue weighted by atomic mass is 32.2. The zero-order valence-corrected chi connectivity index (χ0v) is 12.0. The van der Waals surface area contributed by atoms with Gasteiger partial charge in [-0.25, -0.2) is 4.39 Å². The molecule has 1 aliphatic heterocycles. The van der Waals surface area contributed by atoms with Crippen LogP contribution in [-0.2, 0) is 6.42 Å². The fraction of sp³-hybridized carbons (Fsp3) is 0.250. The number of hydrogen-bond donors (Lipinski definition) is 1. The maximum Gasteiger partial charge on any atom is 0.146 e. The van der Waals surface area contributed by atoms with Crippen molar-refractivity contribution in [3.8, 4) is 5.75 Å². The second-order valence-corrected chi connectivity index (χ2v) is 6.12. The van der Waals surface area contributed by atoms with Crippen LogP contribution in [0.1, 0.15) is 5.56 Å². The molecule has 0 spiro atoms. The summed E-state index contributed by atoms with van der Waals surface area (Å²) >= 11 is 1.86. The Morgan fingerprint density at radius 3 is 2.95 bits per heavy atom. The lowest BCUT2D eigenvalue weighted by molar-refractivity contribution is 0.414. The fourth-order valence-corrected chi connectivity index (χ4v) is 3.61. The topological polar surface area (TPSA) is 21.3 Å². The number of hydrogen-bond acceptors (Lipinski definition) is 3. The lowest BCUT2D eigenvalue weighted by atomic mass is 10.1. The number of ether oxygens (including phenoxy) is 1. The highest BCUT2D eigenvalue weighted by Crippen LogP contribution is 2.36. The van der Waals surface area contributed by atoms with Gasteiger partial charge in [-0.3, -0.25) is 0 Å². The third kappa shape index (κ3) is 2.75. The van der Waals surface area contributed by atoms with Crippen LogP contribution in [0.3, 0.4) is 0 Å². The van der Waals surface area contributed by atoms with Crippen molar-refractivity contribution < 1.29 is 9.13 Å². The summed E-state index contributed by atoms with van der Waals surface area (Å²) in [6, 6.07) is 13.2. The average molecular weight is 289 g/mol. The third-order valence-corrected chi connectivity index (χ3v) is 4.73. The number of methoxy groups -OCH3 is 1. The monoisotopic (exact) mass is 289 g/mol. The third-order valence-electron chi connectivity index (χ3n) is 3.41. The van der Waals surface area contributed by atoms with Gasteiger partial charge in [-0.1, -0.05) is 18.2 Å². The summed E-state index contributed by atoms with van der Waals surface area (Å²) in [5.41, 5.74) is 1.89. The molecular weight excluding hydrogens is 273 g/mol. The highest BCUT2D eigenvalue weighted by molar-refractivity contribution is 8.00. The van der Waals surface area contributed by atoms with E-state index >= 15 is 0 Å². The molecule has 1 N–H and O–H groups in total. The van der Waals surface area contributed by atoms with Gasteiger partial charge in [0.25, 0.3) is 0 Å². The number of thioether (sulfide) groups is 1. The van der Waals surface area contributed by atoms with Crippen LogP contribution in [0.5, 0.6) is 5.75 Å². The molecule has 0 amide bonds. The van der Waals surface area contributed by atoms with Crippen molar-refractivity contribution in [2.24, 2.45) is 0 Å². The predicted octanol–water partition coefficient (Wildman–Crippen LogP) is 3.96. The Balaban J connectivity index is 1.64. The Kier molecular flexibility index (Phi) is 3.83. The van der Waals surface area contributed by atoms with Gasteiger partial charge in [-0.05, 0) is 30.2 Å². The molecule has 0 saturated carbocycles. The molecule has 0 aromatic heterocycles. The molecule has 0 radical (unpaired) electrons. The number of fused-ring (bicyclic) bond motifs is 1. The van der Waals surface area contributed by atoms with Gasteiger partial charge in [0.05, 0.1) is 12.8 Å². The van der Waals surface area contributed by atoms with Gasteiger partial charge < -0.3 is 10.1 Å². The summed E-state index contributed by atoms with van der Waals surface area (Å²) in [5, 5.41) is 3.63. The van der Waals surface area contributed by atoms with E-state index in [0.717, 1.165) is 13.0 Å². The Hall–Kier alpha value is -1.68. The molecule has 4 heteroatoms. The fourth-order valence-electron chi connectivity index (χ4n) is 2.36. The Morgan fingerprint density at radius 1 is 1.30 bits per heavy atom. The molecule has 1 aliphatic rings. The zero-order chi connectivity index (χ0) is 13.9. The molecule has 1 heterocycles. The number of nitrogens with one attached hydrogen (secondary N) is 1. The van der Waals surface area contributed by atoms with Crippen molar-refractivity contribution in [2.75, 3.05) is 19.0 Å². The van der Waals surface area contributed by atoms with Gasteiger partial charge in [-0.15, -0.1) is 11.8 Å². The standard InChI is InChI=1S/C16H16FNOS/c1-19-12-6-7-14(17)15(9-12)18-10-13-8-11-4-2-3-5-16(11)20-13/h2-7,9,13,18H,8,10H2,1H3. The van der Waals surface area contributed by atoms with E-state index in [4.69, 9.17) is 4.74 Å². The maximum absolute atomic E-state index is 13.7. The van der Waals surface area contributed by atoms with Crippen molar-refractivity contribution in [3.63, 3.8) is 0 Å². The smallest absolute Gasteiger partial charge is 0.146 e. The van der Waals surface area contributed by atoms with E-state index in [9.17, 15) is 4.39 Å². The molecule has 2 aromatic carbocycles. The summed E-state index contributed by atoms with van der Waals surface area (Å²) in [5.74, 6) is 0.419. The minimum Gasteiger partial charge on any atom is -0.497 e. The number of benzene rings is 2. The Labute approximate surface area is 122 Å². The van der Waals surface area contributed by atoms with Crippen molar-refractivity contribution >= 4 is 17.4 Å². The normalized spacial score (nSPS) is 16.8. The molecule has 0 fully saturated rings. The molecule has 0 bridgehead atoms. The predicted molar refractivity (Wildman–Crippen MR) is 81.2 cm³/mol. The number of anilines is 1. The molecule has 2 aromatic rings. The first-order valence-electron chi connectivity index (χ1n) is 6.58. The molecule has 104 valence electrons. The van der Waals surface area contributed by atoms with Gasteiger partial charge in [0, 0.05) is 22.8 Å². The van der Waals surface area contributed by atoms with Gasteiger partial charge >= 0.3 is 0 Å². The summed E-state index contributed by atoms with van der Waals surface area (Å²) in [7, 11) is 1.58. The minimum atomic E-state index is -0.244. The molecule has 1 atom stereocenters. The van der Waals surface area contributed by atoms with Crippen molar-refractivity contribution in [1.82, 2.24) is 0 Å². The average Bonchev–Trinajstić information content (AvgIpc) is 2.89. The van der Waals surface area contributed by atoms with E-state index in [1.807, 2.05) is 11.8 Å². The SMILES string of the molecule is COc1ccc(F)c(NCC2Cc3ccccc3S2)c1. The van der Waals surface area contributed by atoms with Crippen LogP contribution >= 0.6 is 11.8 Å². The highest BCUT2D eigenvalue weighted by Gasteiger charge is 2.21. The Morgan fingerprint density at radius 2 is 2.15 bits per heavy atom. The first-order chi connectivity index (χ1) is 9.76. The quantitative estimate of drug-likeness (QED) is 0.920. The zero-order valence-electron chi connectivity index (χ0n) is 11.2.